The van der Waals surface area contributed by atoms with Crippen LogP contribution in [0.3, 0.4) is 0 Å². The molecule has 126 heavy (non-hydrogen) atoms. The number of nitrogens with zero attached hydrogens (tertiary/aromatic N) is 4. The van der Waals surface area contributed by atoms with Gasteiger partial charge in [0.15, 0.2) is 46.0 Å². The summed E-state index contributed by atoms with van der Waals surface area (Å²) in [5.74, 6) is 8.92. The Labute approximate surface area is 761 Å². The van der Waals surface area contributed by atoms with Crippen molar-refractivity contribution in [2.75, 3.05) is 316 Å². The molecule has 8 heterocycles. The first-order chi connectivity index (χ1) is 62.2. The van der Waals surface area contributed by atoms with Crippen LogP contribution in [-0.4, -0.2) is 335 Å². The van der Waals surface area contributed by atoms with Crippen molar-refractivity contribution in [3.05, 3.63) is 95.1 Å². The average molecular weight is 1770 g/mol. The van der Waals surface area contributed by atoms with Gasteiger partial charge in [0.25, 0.3) is 0 Å². The van der Waals surface area contributed by atoms with Gasteiger partial charge in [-0.05, 0) is 249 Å². The highest BCUT2D eigenvalue weighted by molar-refractivity contribution is 5.46. The number of hydrogen-bond acceptors (Lipinski definition) is 20. The van der Waals surface area contributed by atoms with Crippen LogP contribution in [0.15, 0.2) is 72.8 Å². The van der Waals surface area contributed by atoms with E-state index >= 15 is 0 Å². The van der Waals surface area contributed by atoms with Crippen LogP contribution in [0.1, 0.15) is 167 Å². The molecule has 0 radical (unpaired) electrons. The summed E-state index contributed by atoms with van der Waals surface area (Å²) in [6, 6.07) is 26.6. The molecule has 4 aromatic rings. The highest BCUT2D eigenvalue weighted by Crippen LogP contribution is 2.37. The van der Waals surface area contributed by atoms with Crippen molar-refractivity contribution < 1.29 is 95.4 Å². The predicted molar refractivity (Wildman–Crippen MR) is 501 cm³/mol. The van der Waals surface area contributed by atoms with Crippen molar-refractivity contribution >= 4 is 0 Å². The number of ether oxygens (including phenoxy) is 16. The van der Waals surface area contributed by atoms with E-state index in [0.717, 1.165) is 398 Å². The molecule has 0 unspecified atom stereocenters. The Morgan fingerprint density at radius 3 is 0.603 bits per heavy atom. The van der Waals surface area contributed by atoms with Gasteiger partial charge in [-0.25, -0.2) is 0 Å². The van der Waals surface area contributed by atoms with Crippen molar-refractivity contribution in [1.82, 2.24) is 19.6 Å². The minimum absolute atomic E-state index is 0.468. The first kappa shape index (κ1) is 103. The maximum absolute atomic E-state index is 6.51. The number of rotatable bonds is 58. The van der Waals surface area contributed by atoms with E-state index in [0.29, 0.717) is 76.5 Å². The van der Waals surface area contributed by atoms with E-state index in [9.17, 15) is 0 Å². The molecule has 4 atom stereocenters. The molecule has 0 spiro atoms. The molecular weight excluding hydrogens is 1590 g/mol. The van der Waals surface area contributed by atoms with Gasteiger partial charge >= 0.3 is 0 Å². The normalized spacial score (nSPS) is 19.3. The van der Waals surface area contributed by atoms with Crippen molar-refractivity contribution in [3.8, 4) is 46.0 Å². The Morgan fingerprint density at radius 1 is 0.230 bits per heavy atom. The molecule has 4 N–H and O–H groups in total. The first-order valence-electron chi connectivity index (χ1n) is 50.6. The maximum atomic E-state index is 6.51. The van der Waals surface area contributed by atoms with E-state index in [1.54, 1.807) is 19.6 Å². The molecule has 8 aliphatic heterocycles. The van der Waals surface area contributed by atoms with Crippen LogP contribution in [0.25, 0.3) is 0 Å². The van der Waals surface area contributed by atoms with Crippen molar-refractivity contribution in [2.45, 2.75) is 170 Å². The third kappa shape index (κ3) is 41.6. The smallest absolute Gasteiger partial charge is 0.161 e. The summed E-state index contributed by atoms with van der Waals surface area (Å²) in [6.07, 6.45) is 21.4. The standard InChI is InChI=1S/2C50H82N4O8.C2H6/c2*1-43(39-45-11-13-47(59-27-7-3-15-51-19-31-55-32-20-51)49(41-45)61-29-9-5-17-53-23-35-57-36-24-53)44(2)40-46-12-14-48(60-28-8-4-16-52-21-33-56-34-22-52)50(42-46)62-30-10-6-18-54-25-37-58-38-26-54;1-2/h2*11-14,41-44H,3-10,15-40H2,1-2H3;1-2H3/p+4/t2*43-,44+;. The third-order valence-electron chi connectivity index (χ3n) is 26.7. The van der Waals surface area contributed by atoms with Gasteiger partial charge in [-0.1, -0.05) is 65.8 Å². The van der Waals surface area contributed by atoms with E-state index in [2.05, 4.69) is 120 Å². The lowest BCUT2D eigenvalue weighted by atomic mass is 9.85. The zero-order valence-electron chi connectivity index (χ0n) is 79.6. The Kier molecular flexibility index (Phi) is 51.9. The molecule has 0 aliphatic carbocycles. The molecule has 714 valence electrons. The molecule has 0 bridgehead atoms. The second-order valence-corrected chi connectivity index (χ2v) is 36.6. The monoisotopic (exact) mass is 1770 g/mol. The maximum Gasteiger partial charge on any atom is 0.161 e. The van der Waals surface area contributed by atoms with Gasteiger partial charge in [-0.3, -0.25) is 19.6 Å². The summed E-state index contributed by atoms with van der Waals surface area (Å²) >= 11 is 0. The van der Waals surface area contributed by atoms with E-state index in [-0.39, 0.29) is 0 Å². The zero-order valence-corrected chi connectivity index (χ0v) is 79.6. The summed E-state index contributed by atoms with van der Waals surface area (Å²) in [5, 5.41) is 0. The summed E-state index contributed by atoms with van der Waals surface area (Å²) in [6.45, 7) is 59.4. The van der Waals surface area contributed by atoms with E-state index < -0.39 is 0 Å². The summed E-state index contributed by atoms with van der Waals surface area (Å²) in [7, 11) is 0. The van der Waals surface area contributed by atoms with Crippen LogP contribution >= 0.6 is 0 Å². The molecule has 24 heteroatoms. The van der Waals surface area contributed by atoms with Crippen molar-refractivity contribution in [3.63, 3.8) is 0 Å². The molecule has 12 rings (SSSR count). The van der Waals surface area contributed by atoms with Crippen molar-refractivity contribution in [1.29, 1.82) is 0 Å². The highest BCUT2D eigenvalue weighted by atomic mass is 16.5. The molecule has 0 aromatic heterocycles. The zero-order chi connectivity index (χ0) is 87.7. The molecular formula is C102H174N8O16+4. The van der Waals surface area contributed by atoms with Crippen LogP contribution in [0.4, 0.5) is 0 Å². The van der Waals surface area contributed by atoms with Gasteiger partial charge in [-0.2, -0.15) is 0 Å². The molecule has 0 amide bonds. The van der Waals surface area contributed by atoms with Gasteiger partial charge in [0.2, 0.25) is 0 Å². The van der Waals surface area contributed by atoms with Crippen LogP contribution in [0.5, 0.6) is 46.0 Å². The summed E-state index contributed by atoms with van der Waals surface area (Å²) in [5.41, 5.74) is 5.21. The van der Waals surface area contributed by atoms with Crippen molar-refractivity contribution in [2.24, 2.45) is 23.7 Å². The largest absolute Gasteiger partial charge is 0.490 e. The number of hydrogen-bond donors (Lipinski definition) is 4. The molecule has 8 saturated heterocycles. The Balaban J connectivity index is 0.000000258. The minimum atomic E-state index is 0.468. The predicted octanol–water partition coefficient (Wildman–Crippen LogP) is 8.78. The topological polar surface area (TPSA) is 178 Å². The van der Waals surface area contributed by atoms with Gasteiger partial charge in [0.05, 0.1) is 185 Å². The van der Waals surface area contributed by atoms with Crippen LogP contribution in [-0.2, 0) is 63.6 Å². The fraction of sp³-hybridized carbons (Fsp3) is 0.765. The minimum Gasteiger partial charge on any atom is -0.490 e. The number of quaternary nitrogens is 4. The Morgan fingerprint density at radius 2 is 0.405 bits per heavy atom. The first-order valence-corrected chi connectivity index (χ1v) is 50.6. The fourth-order valence-electron chi connectivity index (χ4n) is 18.0. The SMILES string of the molecule is CC.C[C@H](Cc1ccc(OCCCCN2CCOCC2)c(OCCCCN2CCOCC2)c1)[C@@H](C)Cc1ccc(OCCCCN2CCOCC2)c(OCCCCN2CCOCC2)c1.C[C@H](Cc1ccc(OCCCC[NH+]2CCOCC2)c(OCCCC[NH+]2CCOCC2)c1)[C@@H](C)Cc1ccc(OCCCC[NH+]2CCOCC2)c(OCCCC[NH+]2CCOCC2)c1. The number of benzene rings is 4. The van der Waals surface area contributed by atoms with Crippen LogP contribution < -0.4 is 57.5 Å². The van der Waals surface area contributed by atoms with Gasteiger partial charge < -0.3 is 95.4 Å². The fourth-order valence-corrected chi connectivity index (χ4v) is 18.0. The third-order valence-corrected chi connectivity index (χ3v) is 26.7. The number of nitrogens with one attached hydrogen (secondary N) is 4. The van der Waals surface area contributed by atoms with E-state index in [1.807, 2.05) is 13.8 Å². The number of morpholine rings is 8. The molecule has 4 aromatic carbocycles. The summed E-state index contributed by atoms with van der Waals surface area (Å²) in [4.78, 5) is 16.6. The van der Waals surface area contributed by atoms with Gasteiger partial charge in [-0.15, -0.1) is 0 Å². The van der Waals surface area contributed by atoms with Crippen LogP contribution in [0.2, 0.25) is 0 Å². The number of unbranched alkanes of at least 4 members (excludes halogenated alkanes) is 8. The second kappa shape index (κ2) is 63.7. The Hall–Kier alpha value is -5.36. The van der Waals surface area contributed by atoms with Crippen LogP contribution in [0, 0.1) is 23.7 Å². The summed E-state index contributed by atoms with van der Waals surface area (Å²) < 4.78 is 95.9. The second-order valence-electron chi connectivity index (χ2n) is 36.6. The lowest BCUT2D eigenvalue weighted by Crippen LogP contribution is -3.14. The molecule has 8 fully saturated rings. The van der Waals surface area contributed by atoms with E-state index in [1.165, 1.54) is 61.3 Å². The molecule has 24 nitrogen and oxygen atoms in total. The van der Waals surface area contributed by atoms with Gasteiger partial charge in [0.1, 0.15) is 52.4 Å². The average Bonchev–Trinajstić information content (AvgIpc) is 0.842. The van der Waals surface area contributed by atoms with E-state index in [4.69, 9.17) is 75.8 Å². The lowest BCUT2D eigenvalue weighted by molar-refractivity contribution is -0.908. The molecule has 0 saturated carbocycles. The lowest BCUT2D eigenvalue weighted by Gasteiger charge is -2.26. The quantitative estimate of drug-likeness (QED) is 0.0308. The van der Waals surface area contributed by atoms with Gasteiger partial charge in [0, 0.05) is 52.4 Å². The Bertz CT molecular complexity index is 2960. The highest BCUT2D eigenvalue weighted by Gasteiger charge is 2.25. The molecule has 8 aliphatic rings.